The van der Waals surface area contributed by atoms with Crippen molar-refractivity contribution in [1.82, 2.24) is 5.32 Å². The van der Waals surface area contributed by atoms with Crippen LogP contribution < -0.4 is 10.6 Å². The van der Waals surface area contributed by atoms with Crippen molar-refractivity contribution in [1.29, 1.82) is 0 Å². The number of halogens is 1. The van der Waals surface area contributed by atoms with Crippen LogP contribution in [0.25, 0.3) is 0 Å². The molecule has 0 heterocycles. The van der Waals surface area contributed by atoms with Crippen molar-refractivity contribution in [2.75, 3.05) is 16.3 Å². The third kappa shape index (κ3) is 7.08. The minimum Gasteiger partial charge on any atom is -0.444 e. The predicted molar refractivity (Wildman–Crippen MR) is 93.2 cm³/mol. The van der Waals surface area contributed by atoms with Gasteiger partial charge in [-0.15, -0.1) is 0 Å². The summed E-state index contributed by atoms with van der Waals surface area (Å²) in [5.41, 5.74) is 0.731. The summed E-state index contributed by atoms with van der Waals surface area (Å²) in [6.45, 7) is 5.36. The van der Waals surface area contributed by atoms with Crippen LogP contribution in [0.15, 0.2) is 24.3 Å². The lowest BCUT2D eigenvalue weighted by molar-refractivity contribution is -0.113. The molecule has 7 heteroatoms. The fourth-order valence-electron chi connectivity index (χ4n) is 1.60. The van der Waals surface area contributed by atoms with E-state index in [1.807, 2.05) is 22.6 Å². The molecule has 1 aromatic carbocycles. The standard InChI is InChI=1S/C15H21IN2O4/c1-15(2,3)22-14(21)17-9-12(19)10-4-6-11(7-5-10)18-13(20)8-16/h4-7,12,19H,8-9H2,1-3H3,(H,17,21)(H,18,20). The highest BCUT2D eigenvalue weighted by Gasteiger charge is 2.17. The highest BCUT2D eigenvalue weighted by atomic mass is 127. The van der Waals surface area contributed by atoms with Crippen LogP contribution in [0.1, 0.15) is 32.4 Å². The highest BCUT2D eigenvalue weighted by molar-refractivity contribution is 14.1. The molecule has 1 atom stereocenters. The van der Waals surface area contributed by atoms with Gasteiger partial charge >= 0.3 is 6.09 Å². The first-order chi connectivity index (χ1) is 10.2. The van der Waals surface area contributed by atoms with Gasteiger partial charge in [0, 0.05) is 5.69 Å². The average Bonchev–Trinajstić information content (AvgIpc) is 2.43. The van der Waals surface area contributed by atoms with E-state index >= 15 is 0 Å². The Labute approximate surface area is 143 Å². The van der Waals surface area contributed by atoms with E-state index in [9.17, 15) is 14.7 Å². The van der Waals surface area contributed by atoms with Gasteiger partial charge in [-0.2, -0.15) is 0 Å². The number of hydrogen-bond acceptors (Lipinski definition) is 4. The van der Waals surface area contributed by atoms with Gasteiger partial charge in [-0.05, 0) is 38.5 Å². The molecular formula is C15H21IN2O4. The molecule has 22 heavy (non-hydrogen) atoms. The molecule has 2 amide bonds. The molecule has 0 spiro atoms. The van der Waals surface area contributed by atoms with Crippen LogP contribution in [0.4, 0.5) is 10.5 Å². The molecule has 0 bridgehead atoms. The molecule has 0 saturated carbocycles. The van der Waals surface area contributed by atoms with Crippen molar-refractivity contribution in [3.05, 3.63) is 29.8 Å². The third-order valence-corrected chi connectivity index (χ3v) is 3.23. The van der Waals surface area contributed by atoms with Crippen LogP contribution in [-0.2, 0) is 9.53 Å². The maximum absolute atomic E-state index is 11.5. The molecule has 0 aromatic heterocycles. The number of hydrogen-bond donors (Lipinski definition) is 3. The molecule has 0 aliphatic rings. The van der Waals surface area contributed by atoms with E-state index in [4.69, 9.17) is 4.74 Å². The topological polar surface area (TPSA) is 87.7 Å². The first kappa shape index (κ1) is 18.7. The molecule has 0 radical (unpaired) electrons. The van der Waals surface area contributed by atoms with Crippen LogP contribution >= 0.6 is 22.6 Å². The number of alkyl carbamates (subject to hydrolysis) is 1. The van der Waals surface area contributed by atoms with Crippen molar-refractivity contribution in [2.45, 2.75) is 32.5 Å². The molecular weight excluding hydrogens is 399 g/mol. The van der Waals surface area contributed by atoms with Crippen molar-refractivity contribution in [2.24, 2.45) is 0 Å². The number of amides is 2. The zero-order chi connectivity index (χ0) is 16.8. The lowest BCUT2D eigenvalue weighted by Crippen LogP contribution is -2.34. The van der Waals surface area contributed by atoms with Crippen LogP contribution in [0.2, 0.25) is 0 Å². The van der Waals surface area contributed by atoms with E-state index in [1.54, 1.807) is 45.0 Å². The van der Waals surface area contributed by atoms with Gasteiger partial charge in [0.1, 0.15) is 5.60 Å². The highest BCUT2D eigenvalue weighted by Crippen LogP contribution is 2.16. The first-order valence-corrected chi connectivity index (χ1v) is 8.34. The summed E-state index contributed by atoms with van der Waals surface area (Å²) < 4.78 is 5.47. The van der Waals surface area contributed by atoms with Gasteiger partial charge in [0.2, 0.25) is 5.91 Å². The van der Waals surface area contributed by atoms with E-state index < -0.39 is 17.8 Å². The molecule has 0 saturated heterocycles. The smallest absolute Gasteiger partial charge is 0.407 e. The second-order valence-corrected chi connectivity index (χ2v) is 6.47. The summed E-state index contributed by atoms with van der Waals surface area (Å²) in [4.78, 5) is 22.8. The largest absolute Gasteiger partial charge is 0.444 e. The zero-order valence-electron chi connectivity index (χ0n) is 12.9. The lowest BCUT2D eigenvalue weighted by atomic mass is 10.1. The summed E-state index contributed by atoms with van der Waals surface area (Å²) in [6, 6.07) is 6.81. The Bertz CT molecular complexity index is 511. The molecule has 122 valence electrons. The summed E-state index contributed by atoms with van der Waals surface area (Å²) in [7, 11) is 0. The van der Waals surface area contributed by atoms with Crippen molar-refractivity contribution in [3.63, 3.8) is 0 Å². The molecule has 1 aromatic rings. The Morgan fingerprint density at radius 2 is 1.86 bits per heavy atom. The fourth-order valence-corrected chi connectivity index (χ4v) is 1.79. The van der Waals surface area contributed by atoms with E-state index in [-0.39, 0.29) is 12.5 Å². The fraction of sp³-hybridized carbons (Fsp3) is 0.467. The molecule has 3 N–H and O–H groups in total. The molecule has 0 aliphatic carbocycles. The van der Waals surface area contributed by atoms with Crippen molar-refractivity contribution < 1.29 is 19.4 Å². The maximum Gasteiger partial charge on any atom is 0.407 e. The average molecular weight is 420 g/mol. The molecule has 6 nitrogen and oxygen atoms in total. The molecule has 1 unspecified atom stereocenters. The van der Waals surface area contributed by atoms with Crippen molar-refractivity contribution >= 4 is 40.3 Å². The Morgan fingerprint density at radius 3 is 2.36 bits per heavy atom. The number of carbonyl (C=O) groups is 2. The number of alkyl halides is 1. The first-order valence-electron chi connectivity index (χ1n) is 6.82. The number of benzene rings is 1. The number of aliphatic hydroxyl groups is 1. The summed E-state index contributed by atoms with van der Waals surface area (Å²) in [5.74, 6) is -0.0829. The Morgan fingerprint density at radius 1 is 1.27 bits per heavy atom. The van der Waals surface area contributed by atoms with E-state index in [2.05, 4.69) is 10.6 Å². The number of nitrogens with one attached hydrogen (secondary N) is 2. The molecule has 0 aliphatic heterocycles. The number of aliphatic hydroxyl groups excluding tert-OH is 1. The Balaban J connectivity index is 2.50. The second-order valence-electron chi connectivity index (χ2n) is 5.70. The van der Waals surface area contributed by atoms with Crippen molar-refractivity contribution in [3.8, 4) is 0 Å². The zero-order valence-corrected chi connectivity index (χ0v) is 15.0. The minimum atomic E-state index is -0.846. The minimum absolute atomic E-state index is 0.0500. The van der Waals surface area contributed by atoms with E-state index in [1.165, 1.54) is 0 Å². The third-order valence-electron chi connectivity index (χ3n) is 2.54. The van der Waals surface area contributed by atoms with Gasteiger partial charge < -0.3 is 20.5 Å². The lowest BCUT2D eigenvalue weighted by Gasteiger charge is -2.20. The molecule has 1 rings (SSSR count). The maximum atomic E-state index is 11.5. The SMILES string of the molecule is CC(C)(C)OC(=O)NCC(O)c1ccc(NC(=O)CI)cc1. The molecule has 0 fully saturated rings. The quantitative estimate of drug-likeness (QED) is 0.505. The monoisotopic (exact) mass is 420 g/mol. The van der Waals surface area contributed by atoms with Crippen LogP contribution in [-0.4, -0.2) is 33.7 Å². The van der Waals surface area contributed by atoms with Crippen LogP contribution in [0, 0.1) is 0 Å². The van der Waals surface area contributed by atoms with Gasteiger partial charge in [-0.25, -0.2) is 4.79 Å². The Hall–Kier alpha value is -1.35. The van der Waals surface area contributed by atoms with E-state index in [0.29, 0.717) is 15.7 Å². The number of ether oxygens (including phenoxy) is 1. The van der Waals surface area contributed by atoms with Gasteiger partial charge in [-0.1, -0.05) is 34.7 Å². The van der Waals surface area contributed by atoms with Crippen LogP contribution in [0.3, 0.4) is 0 Å². The van der Waals surface area contributed by atoms with E-state index in [0.717, 1.165) is 0 Å². The number of rotatable bonds is 5. The van der Waals surface area contributed by atoms with Crippen LogP contribution in [0.5, 0.6) is 0 Å². The van der Waals surface area contributed by atoms with Gasteiger partial charge in [-0.3, -0.25) is 4.79 Å². The summed E-state index contributed by atoms with van der Waals surface area (Å²) in [6.07, 6.45) is -1.42. The normalized spacial score (nSPS) is 12.4. The number of carbonyl (C=O) groups excluding carboxylic acids is 2. The summed E-state index contributed by atoms with van der Waals surface area (Å²) in [5, 5.41) is 15.3. The number of anilines is 1. The van der Waals surface area contributed by atoms with Gasteiger partial charge in [0.05, 0.1) is 17.1 Å². The second kappa shape index (κ2) is 8.33. The van der Waals surface area contributed by atoms with Gasteiger partial charge in [0.15, 0.2) is 0 Å². The predicted octanol–water partition coefficient (Wildman–Crippen LogP) is 2.62. The summed E-state index contributed by atoms with van der Waals surface area (Å²) >= 11 is 1.98. The Kier molecular flexibility index (Phi) is 7.08. The van der Waals surface area contributed by atoms with Gasteiger partial charge in [0.25, 0.3) is 0 Å².